The molecule has 200 valence electrons. The van der Waals surface area contributed by atoms with Gasteiger partial charge in [0.25, 0.3) is 0 Å². The van der Waals surface area contributed by atoms with E-state index in [9.17, 15) is 14.7 Å². The van der Waals surface area contributed by atoms with Crippen LogP contribution in [0.1, 0.15) is 36.0 Å². The molecule has 1 aliphatic carbocycles. The lowest BCUT2D eigenvalue weighted by molar-refractivity contribution is -0.119. The van der Waals surface area contributed by atoms with Gasteiger partial charge in [-0.05, 0) is 55.3 Å². The predicted octanol–water partition coefficient (Wildman–Crippen LogP) is 6.31. The lowest BCUT2D eigenvalue weighted by Crippen LogP contribution is -2.46. The molecular weight excluding hydrogens is 558 g/mol. The van der Waals surface area contributed by atoms with Crippen molar-refractivity contribution in [2.45, 2.75) is 25.7 Å². The van der Waals surface area contributed by atoms with E-state index < -0.39 is 5.97 Å². The predicted molar refractivity (Wildman–Crippen MR) is 157 cm³/mol. The summed E-state index contributed by atoms with van der Waals surface area (Å²) in [6.45, 7) is 3.02. The molecule has 1 saturated heterocycles. The highest BCUT2D eigenvalue weighted by molar-refractivity contribution is 6.30. The number of carbonyl (C=O) groups is 2. The van der Waals surface area contributed by atoms with Gasteiger partial charge < -0.3 is 20.2 Å². The molecule has 2 aromatic carbocycles. The number of pyridine rings is 1. The Labute approximate surface area is 239 Å². The summed E-state index contributed by atoms with van der Waals surface area (Å²) < 4.78 is 0. The van der Waals surface area contributed by atoms with Crippen molar-refractivity contribution in [3.8, 4) is 0 Å². The minimum absolute atomic E-state index is 0. The molecule has 5 rings (SSSR count). The van der Waals surface area contributed by atoms with Gasteiger partial charge >= 0.3 is 5.97 Å². The quantitative estimate of drug-likeness (QED) is 0.364. The molecule has 1 amide bonds. The molecule has 3 aromatic rings. The number of rotatable bonds is 5. The number of aromatic carboxylic acids is 1. The summed E-state index contributed by atoms with van der Waals surface area (Å²) in [4.78, 5) is 33.8. The first-order valence-corrected chi connectivity index (χ1v) is 12.1. The number of hydrogen-bond acceptors (Lipinski definition) is 5. The number of carbonyl (C=O) groups excluding carboxylic acids is 1. The maximum Gasteiger partial charge on any atom is 0.336 e. The molecule has 11 heteroatoms. The summed E-state index contributed by atoms with van der Waals surface area (Å²) in [6.07, 6.45) is 3.99. The highest BCUT2D eigenvalue weighted by Crippen LogP contribution is 2.30. The fraction of sp³-hybridized carbons (Fsp3) is 0.346. The summed E-state index contributed by atoms with van der Waals surface area (Å²) in [5.41, 5.74) is 2.48. The molecule has 2 fully saturated rings. The van der Waals surface area contributed by atoms with E-state index in [-0.39, 0.29) is 54.6 Å². The summed E-state index contributed by atoms with van der Waals surface area (Å²) in [6, 6.07) is 14.8. The van der Waals surface area contributed by atoms with Crippen molar-refractivity contribution >= 4 is 88.8 Å². The Kier molecular flexibility index (Phi) is 11.1. The molecule has 2 aliphatic rings. The van der Waals surface area contributed by atoms with Crippen molar-refractivity contribution in [2.24, 2.45) is 5.92 Å². The van der Waals surface area contributed by atoms with Gasteiger partial charge in [-0.15, -0.1) is 37.2 Å². The smallest absolute Gasteiger partial charge is 0.336 e. The minimum Gasteiger partial charge on any atom is -0.478 e. The van der Waals surface area contributed by atoms with Gasteiger partial charge in [-0.1, -0.05) is 30.5 Å². The van der Waals surface area contributed by atoms with E-state index in [2.05, 4.69) is 15.1 Å². The Hall–Kier alpha value is -2.45. The molecule has 2 N–H and O–H groups in total. The summed E-state index contributed by atoms with van der Waals surface area (Å²) >= 11 is 6.14. The van der Waals surface area contributed by atoms with Crippen molar-refractivity contribution in [1.82, 2.24) is 4.98 Å². The highest BCUT2D eigenvalue weighted by atomic mass is 35.5. The fourth-order valence-electron chi connectivity index (χ4n) is 4.93. The van der Waals surface area contributed by atoms with Gasteiger partial charge in [0.1, 0.15) is 5.82 Å². The van der Waals surface area contributed by atoms with Crippen LogP contribution >= 0.6 is 48.8 Å². The molecule has 1 saturated carbocycles. The first-order valence-electron chi connectivity index (χ1n) is 11.7. The number of nitrogens with zero attached hydrogens (tertiary/aromatic N) is 3. The topological polar surface area (TPSA) is 85.8 Å². The molecule has 1 aromatic heterocycles. The number of fused-ring (bicyclic) bond motifs is 1. The van der Waals surface area contributed by atoms with Crippen LogP contribution in [0.15, 0.2) is 48.5 Å². The summed E-state index contributed by atoms with van der Waals surface area (Å²) in [5, 5.41) is 14.1. The maximum absolute atomic E-state index is 12.5. The van der Waals surface area contributed by atoms with Gasteiger partial charge in [0.15, 0.2) is 0 Å². The van der Waals surface area contributed by atoms with Gasteiger partial charge in [-0.25, -0.2) is 9.78 Å². The molecule has 0 atom stereocenters. The summed E-state index contributed by atoms with van der Waals surface area (Å²) in [7, 11) is 0. The average molecular weight is 588 g/mol. The number of benzene rings is 2. The maximum atomic E-state index is 12.5. The highest BCUT2D eigenvalue weighted by Gasteiger charge is 2.24. The van der Waals surface area contributed by atoms with Crippen LogP contribution in [-0.2, 0) is 4.79 Å². The second-order valence-corrected chi connectivity index (χ2v) is 9.43. The molecule has 0 unspecified atom stereocenters. The molecule has 37 heavy (non-hydrogen) atoms. The number of hydrogen-bond donors (Lipinski definition) is 2. The van der Waals surface area contributed by atoms with Crippen molar-refractivity contribution in [2.75, 3.05) is 41.3 Å². The molecule has 2 heterocycles. The van der Waals surface area contributed by atoms with Crippen LogP contribution in [0.2, 0.25) is 5.02 Å². The van der Waals surface area contributed by atoms with E-state index in [0.29, 0.717) is 27.4 Å². The van der Waals surface area contributed by atoms with E-state index in [1.807, 2.05) is 24.3 Å². The van der Waals surface area contributed by atoms with Gasteiger partial charge in [-0.2, -0.15) is 0 Å². The molecular formula is C26H30Cl4N4O3. The third kappa shape index (κ3) is 6.90. The fourth-order valence-corrected chi connectivity index (χ4v) is 5.11. The standard InChI is InChI=1S/C26H27ClN4O3.3ClH/c27-18-6-3-7-20(14-18)30-10-12-31(13-11-30)24-16-22(26(33)34)21-15-19(8-9-23(21)29-24)28-25(32)17-4-1-2-5-17;;;/h3,6-9,14-17H,1-2,4-5,10-13H2,(H,28,32)(H,33,34);3*1H. The van der Waals surface area contributed by atoms with E-state index in [1.54, 1.807) is 24.3 Å². The second kappa shape index (κ2) is 13.4. The average Bonchev–Trinajstić information content (AvgIpc) is 3.39. The third-order valence-corrected chi connectivity index (χ3v) is 7.03. The minimum atomic E-state index is -1.01. The summed E-state index contributed by atoms with van der Waals surface area (Å²) in [5.74, 6) is -0.305. The van der Waals surface area contributed by atoms with Crippen LogP contribution in [0.3, 0.4) is 0 Å². The number of amides is 1. The number of nitrogens with one attached hydrogen (secondary N) is 1. The normalized spacial score (nSPS) is 15.4. The lowest BCUT2D eigenvalue weighted by Gasteiger charge is -2.37. The van der Waals surface area contributed by atoms with Crippen molar-refractivity contribution in [3.05, 3.63) is 59.1 Å². The van der Waals surface area contributed by atoms with Gasteiger partial charge in [0.05, 0.1) is 11.1 Å². The Bertz CT molecular complexity index is 1250. The van der Waals surface area contributed by atoms with Crippen LogP contribution in [-0.4, -0.2) is 48.1 Å². The third-order valence-electron chi connectivity index (χ3n) is 6.80. The Morgan fingerprint density at radius 3 is 2.24 bits per heavy atom. The Balaban J connectivity index is 0.00000160. The molecule has 0 radical (unpaired) electrons. The van der Waals surface area contributed by atoms with E-state index >= 15 is 0 Å². The van der Waals surface area contributed by atoms with E-state index in [1.165, 1.54) is 0 Å². The first-order chi connectivity index (χ1) is 16.5. The van der Waals surface area contributed by atoms with Gasteiger partial charge in [0.2, 0.25) is 5.91 Å². The number of halogens is 4. The lowest BCUT2D eigenvalue weighted by atomic mass is 10.1. The second-order valence-electron chi connectivity index (χ2n) is 8.99. The van der Waals surface area contributed by atoms with E-state index in [4.69, 9.17) is 16.6 Å². The van der Waals surface area contributed by atoms with Crippen LogP contribution in [0.4, 0.5) is 17.2 Å². The molecule has 1 aliphatic heterocycles. The van der Waals surface area contributed by atoms with Crippen molar-refractivity contribution in [1.29, 1.82) is 0 Å². The number of anilines is 3. The van der Waals surface area contributed by atoms with Crippen LogP contribution in [0.5, 0.6) is 0 Å². The zero-order valence-electron chi connectivity index (χ0n) is 20.1. The monoisotopic (exact) mass is 586 g/mol. The number of aromatic nitrogens is 1. The Morgan fingerprint density at radius 2 is 1.59 bits per heavy atom. The van der Waals surface area contributed by atoms with E-state index in [0.717, 1.165) is 57.5 Å². The molecule has 7 nitrogen and oxygen atoms in total. The largest absolute Gasteiger partial charge is 0.478 e. The SMILES string of the molecule is Cl.Cl.Cl.O=C(O)c1cc(N2CCN(c3cccc(Cl)c3)CC2)nc2ccc(NC(=O)C3CCCC3)cc12. The van der Waals surface area contributed by atoms with Gasteiger partial charge in [0, 0.05) is 53.9 Å². The molecule has 0 bridgehead atoms. The van der Waals surface area contributed by atoms with Crippen LogP contribution < -0.4 is 15.1 Å². The Morgan fingerprint density at radius 1 is 0.919 bits per heavy atom. The van der Waals surface area contributed by atoms with Crippen molar-refractivity contribution in [3.63, 3.8) is 0 Å². The zero-order chi connectivity index (χ0) is 23.7. The number of carboxylic acids is 1. The zero-order valence-corrected chi connectivity index (χ0v) is 23.3. The number of piperazine rings is 1. The van der Waals surface area contributed by atoms with Crippen LogP contribution in [0.25, 0.3) is 10.9 Å². The van der Waals surface area contributed by atoms with Gasteiger partial charge in [-0.3, -0.25) is 4.79 Å². The van der Waals surface area contributed by atoms with Crippen molar-refractivity contribution < 1.29 is 14.7 Å². The molecule has 0 spiro atoms. The number of carboxylic acid groups (broad SMARTS) is 1. The van der Waals surface area contributed by atoms with Crippen LogP contribution in [0, 0.1) is 5.92 Å². The first kappa shape index (κ1) is 30.8.